The molecule has 1 aliphatic heterocycles. The Morgan fingerprint density at radius 3 is 2.56 bits per heavy atom. The lowest BCUT2D eigenvalue weighted by Gasteiger charge is -2.26. The molecule has 0 atom stereocenters. The van der Waals surface area contributed by atoms with Crippen LogP contribution in [0.2, 0.25) is 0 Å². The van der Waals surface area contributed by atoms with E-state index in [1.165, 1.54) is 19.3 Å². The van der Waals surface area contributed by atoms with E-state index in [1.54, 1.807) is 0 Å². The van der Waals surface area contributed by atoms with E-state index in [9.17, 15) is 4.79 Å². The van der Waals surface area contributed by atoms with Crippen LogP contribution in [0, 0.1) is 0 Å². The minimum absolute atomic E-state index is 0.433. The smallest absolute Gasteiger partial charge is 0.134 e. The first-order chi connectivity index (χ1) is 7.83. The molecule has 1 heterocycles. The molecule has 3 heteroatoms. The second-order valence-electron chi connectivity index (χ2n) is 4.55. The molecule has 94 valence electrons. The normalized spacial score (nSPS) is 17.6. The zero-order valence-electron chi connectivity index (χ0n) is 10.5. The highest BCUT2D eigenvalue weighted by Crippen LogP contribution is 2.05. The highest BCUT2D eigenvalue weighted by atomic mass is 16.5. The lowest BCUT2D eigenvalue weighted by atomic mass is 10.1. The maximum Gasteiger partial charge on any atom is 0.134 e. The molecule has 0 amide bonds. The van der Waals surface area contributed by atoms with E-state index in [1.807, 2.05) is 0 Å². The highest BCUT2D eigenvalue weighted by molar-refractivity contribution is 5.78. The Bertz CT molecular complexity index is 188. The molecule has 0 spiro atoms. The third kappa shape index (κ3) is 6.23. The molecular formula is C13H25NO2. The number of morpholine rings is 1. The minimum Gasteiger partial charge on any atom is -0.379 e. The van der Waals surface area contributed by atoms with Gasteiger partial charge in [-0.05, 0) is 6.42 Å². The van der Waals surface area contributed by atoms with Crippen molar-refractivity contribution in [3.8, 4) is 0 Å². The average Bonchev–Trinajstić information content (AvgIpc) is 2.33. The molecule has 0 aliphatic carbocycles. The summed E-state index contributed by atoms with van der Waals surface area (Å²) in [7, 11) is 0. The fraction of sp³-hybridized carbons (Fsp3) is 0.923. The molecule has 16 heavy (non-hydrogen) atoms. The van der Waals surface area contributed by atoms with Crippen molar-refractivity contribution in [3.05, 3.63) is 0 Å². The predicted octanol–water partition coefficient (Wildman–Crippen LogP) is 2.25. The summed E-state index contributed by atoms with van der Waals surface area (Å²) in [6, 6.07) is 0. The van der Waals surface area contributed by atoms with Gasteiger partial charge in [-0.15, -0.1) is 0 Å². The quantitative estimate of drug-likeness (QED) is 0.596. The van der Waals surface area contributed by atoms with Gasteiger partial charge >= 0.3 is 0 Å². The van der Waals surface area contributed by atoms with Crippen LogP contribution in [0.3, 0.4) is 0 Å². The standard InChI is InChI=1S/C13H25NO2/c1-2-3-4-5-6-13(15)7-8-14-9-11-16-12-10-14/h2-12H2,1H3. The van der Waals surface area contributed by atoms with Crippen molar-refractivity contribution < 1.29 is 9.53 Å². The number of rotatable bonds is 8. The number of ketones is 1. The van der Waals surface area contributed by atoms with Crippen molar-refractivity contribution in [2.45, 2.75) is 45.4 Å². The van der Waals surface area contributed by atoms with Crippen LogP contribution in [0.25, 0.3) is 0 Å². The zero-order valence-corrected chi connectivity index (χ0v) is 10.5. The van der Waals surface area contributed by atoms with Gasteiger partial charge in [-0.1, -0.05) is 26.2 Å². The van der Waals surface area contributed by atoms with E-state index in [0.29, 0.717) is 5.78 Å². The first-order valence-electron chi connectivity index (χ1n) is 6.64. The van der Waals surface area contributed by atoms with Crippen molar-refractivity contribution in [1.29, 1.82) is 0 Å². The van der Waals surface area contributed by atoms with Crippen molar-refractivity contribution in [2.24, 2.45) is 0 Å². The fourth-order valence-corrected chi connectivity index (χ4v) is 1.98. The second kappa shape index (κ2) is 8.71. The highest BCUT2D eigenvalue weighted by Gasteiger charge is 2.11. The van der Waals surface area contributed by atoms with Gasteiger partial charge in [0.15, 0.2) is 0 Å². The number of Topliss-reactive ketones (excluding diaryl/α,β-unsaturated/α-hetero) is 1. The Morgan fingerprint density at radius 2 is 1.88 bits per heavy atom. The van der Waals surface area contributed by atoms with Crippen molar-refractivity contribution in [2.75, 3.05) is 32.8 Å². The third-order valence-electron chi connectivity index (χ3n) is 3.12. The van der Waals surface area contributed by atoms with Crippen molar-refractivity contribution in [3.63, 3.8) is 0 Å². The van der Waals surface area contributed by atoms with E-state index in [4.69, 9.17) is 4.74 Å². The van der Waals surface area contributed by atoms with E-state index >= 15 is 0 Å². The lowest BCUT2D eigenvalue weighted by Crippen LogP contribution is -2.37. The first kappa shape index (κ1) is 13.7. The van der Waals surface area contributed by atoms with Crippen LogP contribution in [0.1, 0.15) is 45.4 Å². The lowest BCUT2D eigenvalue weighted by molar-refractivity contribution is -0.119. The maximum atomic E-state index is 11.6. The molecule has 0 saturated carbocycles. The van der Waals surface area contributed by atoms with Gasteiger partial charge in [-0.25, -0.2) is 0 Å². The number of unbranched alkanes of at least 4 members (excludes halogenated alkanes) is 3. The van der Waals surface area contributed by atoms with Crippen LogP contribution in [0.4, 0.5) is 0 Å². The average molecular weight is 227 g/mol. The topological polar surface area (TPSA) is 29.5 Å². The molecular weight excluding hydrogens is 202 g/mol. The third-order valence-corrected chi connectivity index (χ3v) is 3.12. The van der Waals surface area contributed by atoms with Gasteiger partial charge in [0.05, 0.1) is 13.2 Å². The molecule has 1 rings (SSSR count). The van der Waals surface area contributed by atoms with Crippen LogP contribution in [0.5, 0.6) is 0 Å². The fourth-order valence-electron chi connectivity index (χ4n) is 1.98. The summed E-state index contributed by atoms with van der Waals surface area (Å²) in [5.41, 5.74) is 0. The monoisotopic (exact) mass is 227 g/mol. The summed E-state index contributed by atoms with van der Waals surface area (Å²) in [4.78, 5) is 13.9. The molecule has 3 nitrogen and oxygen atoms in total. The molecule has 0 bridgehead atoms. The number of hydrogen-bond donors (Lipinski definition) is 0. The largest absolute Gasteiger partial charge is 0.379 e. The Hall–Kier alpha value is -0.410. The van der Waals surface area contributed by atoms with Crippen LogP contribution in [0.15, 0.2) is 0 Å². The van der Waals surface area contributed by atoms with E-state index in [-0.39, 0.29) is 0 Å². The molecule has 0 aromatic heterocycles. The van der Waals surface area contributed by atoms with Crippen LogP contribution >= 0.6 is 0 Å². The maximum absolute atomic E-state index is 11.6. The Labute approximate surface area is 99.1 Å². The van der Waals surface area contributed by atoms with E-state index in [2.05, 4.69) is 11.8 Å². The summed E-state index contributed by atoms with van der Waals surface area (Å²) in [5, 5.41) is 0. The minimum atomic E-state index is 0.433. The number of hydrogen-bond acceptors (Lipinski definition) is 3. The van der Waals surface area contributed by atoms with Crippen molar-refractivity contribution in [1.82, 2.24) is 4.90 Å². The van der Waals surface area contributed by atoms with Gasteiger partial charge in [-0.2, -0.15) is 0 Å². The van der Waals surface area contributed by atoms with Crippen LogP contribution in [-0.4, -0.2) is 43.5 Å². The number of nitrogens with zero attached hydrogens (tertiary/aromatic N) is 1. The summed E-state index contributed by atoms with van der Waals surface area (Å²) >= 11 is 0. The Kier molecular flexibility index (Phi) is 7.43. The first-order valence-corrected chi connectivity index (χ1v) is 6.64. The number of carbonyl (C=O) groups is 1. The van der Waals surface area contributed by atoms with E-state index in [0.717, 1.165) is 52.1 Å². The molecule has 1 fully saturated rings. The summed E-state index contributed by atoms with van der Waals surface area (Å²) in [5.74, 6) is 0.433. The zero-order chi connectivity index (χ0) is 11.6. The Balaban J connectivity index is 1.96. The predicted molar refractivity (Wildman–Crippen MR) is 65.6 cm³/mol. The molecule has 1 saturated heterocycles. The second-order valence-corrected chi connectivity index (χ2v) is 4.55. The van der Waals surface area contributed by atoms with Gasteiger partial charge in [-0.3, -0.25) is 9.69 Å². The molecule has 1 aliphatic rings. The SMILES string of the molecule is CCCCCCC(=O)CCN1CCOCC1. The van der Waals surface area contributed by atoms with Crippen molar-refractivity contribution >= 4 is 5.78 Å². The van der Waals surface area contributed by atoms with E-state index < -0.39 is 0 Å². The summed E-state index contributed by atoms with van der Waals surface area (Å²) in [6.07, 6.45) is 6.30. The summed E-state index contributed by atoms with van der Waals surface area (Å²) < 4.78 is 5.27. The van der Waals surface area contributed by atoms with Crippen LogP contribution < -0.4 is 0 Å². The Morgan fingerprint density at radius 1 is 1.12 bits per heavy atom. The number of carbonyl (C=O) groups excluding carboxylic acids is 1. The van der Waals surface area contributed by atoms with Crippen LogP contribution in [-0.2, 0) is 9.53 Å². The van der Waals surface area contributed by atoms with Gasteiger partial charge in [0.2, 0.25) is 0 Å². The van der Waals surface area contributed by atoms with Gasteiger partial charge in [0.1, 0.15) is 5.78 Å². The van der Waals surface area contributed by atoms with Gasteiger partial charge in [0, 0.05) is 32.5 Å². The molecule has 0 aromatic carbocycles. The van der Waals surface area contributed by atoms with Gasteiger partial charge in [0.25, 0.3) is 0 Å². The molecule has 0 N–H and O–H groups in total. The molecule has 0 radical (unpaired) electrons. The summed E-state index contributed by atoms with van der Waals surface area (Å²) in [6.45, 7) is 6.75. The van der Waals surface area contributed by atoms with Gasteiger partial charge < -0.3 is 4.74 Å². The molecule has 0 unspecified atom stereocenters. The molecule has 0 aromatic rings. The number of ether oxygens (including phenoxy) is 1.